The molecule has 3 aliphatic rings. The normalized spacial score (nSPS) is 35.7. The molecule has 0 radical (unpaired) electrons. The maximum atomic E-state index is 3.99. The number of hydrogen-bond acceptors (Lipinski definition) is 2. The van der Waals surface area contributed by atoms with Crippen molar-refractivity contribution in [1.82, 2.24) is 10.2 Å². The molecule has 2 aliphatic carbocycles. The first-order valence-corrected chi connectivity index (χ1v) is 8.78. The Hall–Kier alpha value is -0.860. The minimum absolute atomic E-state index is 0.767. The first-order valence-electron chi connectivity index (χ1n) is 8.78. The number of hydrogen-bond donors (Lipinski definition) is 1. The fraction of sp³-hybridized carbons (Fsp3) is 0.684. The van der Waals surface area contributed by atoms with Crippen molar-refractivity contribution < 1.29 is 0 Å². The van der Waals surface area contributed by atoms with Crippen LogP contribution in [0.4, 0.5) is 0 Å². The van der Waals surface area contributed by atoms with Crippen molar-refractivity contribution in [2.75, 3.05) is 26.7 Å². The molecule has 3 unspecified atom stereocenters. The van der Waals surface area contributed by atoms with E-state index >= 15 is 0 Å². The molecular formula is C19H28N2. The number of benzene rings is 1. The highest BCUT2D eigenvalue weighted by atomic mass is 15.1. The lowest BCUT2D eigenvalue weighted by Crippen LogP contribution is -2.41. The van der Waals surface area contributed by atoms with Crippen LogP contribution in [0.2, 0.25) is 0 Å². The lowest BCUT2D eigenvalue weighted by molar-refractivity contribution is 0.314. The van der Waals surface area contributed by atoms with Crippen LogP contribution in [0, 0.1) is 17.8 Å². The SMILES string of the molecule is CN1CCC(CNC2C3CCC2Cc2ccccc2C3)C1. The molecule has 1 heterocycles. The summed E-state index contributed by atoms with van der Waals surface area (Å²) in [6.45, 7) is 3.81. The van der Waals surface area contributed by atoms with E-state index in [0.717, 1.165) is 23.8 Å². The second-order valence-electron chi connectivity index (χ2n) is 7.63. The number of fused-ring (bicyclic) bond motifs is 3. The number of nitrogens with one attached hydrogen (secondary N) is 1. The summed E-state index contributed by atoms with van der Waals surface area (Å²) < 4.78 is 0. The molecule has 0 amide bonds. The van der Waals surface area contributed by atoms with Crippen molar-refractivity contribution in [2.45, 2.75) is 38.1 Å². The minimum atomic E-state index is 0.767. The highest BCUT2D eigenvalue weighted by Crippen LogP contribution is 2.40. The van der Waals surface area contributed by atoms with E-state index in [1.165, 1.54) is 51.7 Å². The summed E-state index contributed by atoms with van der Waals surface area (Å²) in [6, 6.07) is 9.92. The largest absolute Gasteiger partial charge is 0.313 e. The monoisotopic (exact) mass is 284 g/mol. The van der Waals surface area contributed by atoms with Crippen LogP contribution in [-0.4, -0.2) is 37.6 Å². The summed E-state index contributed by atoms with van der Waals surface area (Å²) in [4.78, 5) is 2.48. The summed E-state index contributed by atoms with van der Waals surface area (Å²) >= 11 is 0. The van der Waals surface area contributed by atoms with Crippen molar-refractivity contribution in [3.05, 3.63) is 35.4 Å². The van der Waals surface area contributed by atoms with Gasteiger partial charge in [0.15, 0.2) is 0 Å². The molecule has 4 rings (SSSR count). The van der Waals surface area contributed by atoms with Crippen LogP contribution < -0.4 is 5.32 Å². The zero-order chi connectivity index (χ0) is 14.2. The van der Waals surface area contributed by atoms with E-state index in [9.17, 15) is 0 Å². The van der Waals surface area contributed by atoms with Crippen LogP contribution >= 0.6 is 0 Å². The van der Waals surface area contributed by atoms with Crippen LogP contribution in [0.25, 0.3) is 0 Å². The quantitative estimate of drug-likeness (QED) is 0.918. The summed E-state index contributed by atoms with van der Waals surface area (Å²) in [7, 11) is 2.26. The van der Waals surface area contributed by atoms with Crippen LogP contribution in [0.3, 0.4) is 0 Å². The smallest absolute Gasteiger partial charge is 0.0130 e. The van der Waals surface area contributed by atoms with Gasteiger partial charge >= 0.3 is 0 Å². The zero-order valence-corrected chi connectivity index (χ0v) is 13.2. The average molecular weight is 284 g/mol. The molecule has 114 valence electrons. The molecular weight excluding hydrogens is 256 g/mol. The standard InChI is InChI=1S/C19H28N2/c1-21-9-8-14(13-21)12-20-19-17-6-7-18(19)11-16-5-3-2-4-15(16)10-17/h2-5,14,17-20H,6-13H2,1H3. The van der Waals surface area contributed by atoms with Crippen molar-refractivity contribution >= 4 is 0 Å². The molecule has 1 N–H and O–H groups in total. The second-order valence-corrected chi connectivity index (χ2v) is 7.63. The van der Waals surface area contributed by atoms with Crippen LogP contribution in [0.1, 0.15) is 30.4 Å². The summed E-state index contributed by atoms with van der Waals surface area (Å²) in [5.41, 5.74) is 3.24. The number of rotatable bonds is 3. The van der Waals surface area contributed by atoms with Gasteiger partial charge in [0.05, 0.1) is 0 Å². The lowest BCUT2D eigenvalue weighted by Gasteiger charge is -2.25. The third-order valence-corrected chi connectivity index (χ3v) is 6.14. The Labute approximate surface area is 128 Å². The predicted octanol–water partition coefficient (Wildman–Crippen LogP) is 2.72. The van der Waals surface area contributed by atoms with Gasteiger partial charge in [-0.15, -0.1) is 0 Å². The molecule has 1 aromatic rings. The topological polar surface area (TPSA) is 15.3 Å². The fourth-order valence-corrected chi connectivity index (χ4v) is 4.98. The Morgan fingerprint density at radius 3 is 2.29 bits per heavy atom. The summed E-state index contributed by atoms with van der Waals surface area (Å²) in [6.07, 6.45) is 6.85. The molecule has 2 fully saturated rings. The fourth-order valence-electron chi connectivity index (χ4n) is 4.98. The van der Waals surface area contributed by atoms with E-state index in [1.54, 1.807) is 11.1 Å². The molecule has 1 aromatic carbocycles. The molecule has 21 heavy (non-hydrogen) atoms. The summed E-state index contributed by atoms with van der Waals surface area (Å²) in [5, 5.41) is 3.99. The minimum Gasteiger partial charge on any atom is -0.313 e. The van der Waals surface area contributed by atoms with Crippen LogP contribution in [0.5, 0.6) is 0 Å². The van der Waals surface area contributed by atoms with E-state index in [2.05, 4.69) is 41.5 Å². The Morgan fingerprint density at radius 1 is 1.05 bits per heavy atom. The van der Waals surface area contributed by atoms with Crippen molar-refractivity contribution in [2.24, 2.45) is 17.8 Å². The van der Waals surface area contributed by atoms with E-state index in [-0.39, 0.29) is 0 Å². The maximum Gasteiger partial charge on any atom is 0.0130 e. The highest BCUT2D eigenvalue weighted by molar-refractivity contribution is 5.30. The molecule has 1 aliphatic heterocycles. The van der Waals surface area contributed by atoms with Gasteiger partial charge in [-0.05, 0) is 81.1 Å². The van der Waals surface area contributed by atoms with Crippen LogP contribution in [0.15, 0.2) is 24.3 Å². The molecule has 0 aromatic heterocycles. The first kappa shape index (κ1) is 13.8. The molecule has 3 atom stereocenters. The van der Waals surface area contributed by atoms with Crippen molar-refractivity contribution in [3.8, 4) is 0 Å². The Bertz CT molecular complexity index is 465. The second kappa shape index (κ2) is 5.73. The average Bonchev–Trinajstić information content (AvgIpc) is 2.99. The van der Waals surface area contributed by atoms with Gasteiger partial charge in [-0.3, -0.25) is 0 Å². The van der Waals surface area contributed by atoms with Gasteiger partial charge in [-0.1, -0.05) is 24.3 Å². The van der Waals surface area contributed by atoms with Crippen molar-refractivity contribution in [3.63, 3.8) is 0 Å². The van der Waals surface area contributed by atoms with E-state index in [0.29, 0.717) is 0 Å². The van der Waals surface area contributed by atoms with Gasteiger partial charge in [0, 0.05) is 12.6 Å². The van der Waals surface area contributed by atoms with E-state index in [1.807, 2.05) is 0 Å². The molecule has 2 nitrogen and oxygen atoms in total. The number of nitrogens with zero attached hydrogens (tertiary/aromatic N) is 1. The summed E-state index contributed by atoms with van der Waals surface area (Å²) in [5.74, 6) is 2.62. The third kappa shape index (κ3) is 2.76. The van der Waals surface area contributed by atoms with Gasteiger partial charge in [0.1, 0.15) is 0 Å². The molecule has 0 spiro atoms. The maximum absolute atomic E-state index is 3.99. The molecule has 2 bridgehead atoms. The van der Waals surface area contributed by atoms with Gasteiger partial charge in [0.25, 0.3) is 0 Å². The lowest BCUT2D eigenvalue weighted by atomic mass is 9.94. The van der Waals surface area contributed by atoms with Gasteiger partial charge < -0.3 is 10.2 Å². The molecule has 1 saturated carbocycles. The third-order valence-electron chi connectivity index (χ3n) is 6.14. The van der Waals surface area contributed by atoms with E-state index < -0.39 is 0 Å². The van der Waals surface area contributed by atoms with Crippen LogP contribution in [-0.2, 0) is 12.8 Å². The number of likely N-dealkylation sites (tertiary alicyclic amines) is 1. The van der Waals surface area contributed by atoms with Gasteiger partial charge in [0.2, 0.25) is 0 Å². The predicted molar refractivity (Wildman–Crippen MR) is 87.5 cm³/mol. The van der Waals surface area contributed by atoms with E-state index in [4.69, 9.17) is 0 Å². The van der Waals surface area contributed by atoms with Gasteiger partial charge in [-0.25, -0.2) is 0 Å². The Morgan fingerprint density at radius 2 is 1.71 bits per heavy atom. The van der Waals surface area contributed by atoms with Crippen molar-refractivity contribution in [1.29, 1.82) is 0 Å². The highest BCUT2D eigenvalue weighted by Gasteiger charge is 2.38. The zero-order valence-electron chi connectivity index (χ0n) is 13.2. The molecule has 2 heteroatoms. The molecule has 1 saturated heterocycles. The Kier molecular flexibility index (Phi) is 3.76. The van der Waals surface area contributed by atoms with Gasteiger partial charge in [-0.2, -0.15) is 0 Å². The Balaban J connectivity index is 1.43. The first-order chi connectivity index (χ1) is 10.3.